The predicted molar refractivity (Wildman–Crippen MR) is 89.9 cm³/mol. The molecule has 1 amide bonds. The zero-order valence-electron chi connectivity index (χ0n) is 13.5. The first-order chi connectivity index (χ1) is 11.7. The van der Waals surface area contributed by atoms with Crippen LogP contribution < -0.4 is 19.5 Å². The van der Waals surface area contributed by atoms with Crippen LogP contribution in [0.5, 0.6) is 17.2 Å². The fourth-order valence-corrected chi connectivity index (χ4v) is 3.08. The van der Waals surface area contributed by atoms with E-state index in [1.54, 1.807) is 7.11 Å². The van der Waals surface area contributed by atoms with Gasteiger partial charge < -0.3 is 19.5 Å². The Hall–Kier alpha value is -2.69. The van der Waals surface area contributed by atoms with Gasteiger partial charge in [0, 0.05) is 17.7 Å². The highest BCUT2D eigenvalue weighted by Crippen LogP contribution is 2.49. The number of amides is 1. The molecule has 1 heterocycles. The van der Waals surface area contributed by atoms with Crippen molar-refractivity contribution in [2.75, 3.05) is 25.6 Å². The van der Waals surface area contributed by atoms with E-state index in [1.165, 1.54) is 0 Å². The number of anilines is 1. The Morgan fingerprint density at radius 1 is 1.12 bits per heavy atom. The van der Waals surface area contributed by atoms with Gasteiger partial charge in [0.1, 0.15) is 19.0 Å². The highest BCUT2D eigenvalue weighted by atomic mass is 16.6. The second-order valence-corrected chi connectivity index (χ2v) is 6.07. The van der Waals surface area contributed by atoms with Gasteiger partial charge in [-0.15, -0.1) is 0 Å². The largest absolute Gasteiger partial charge is 0.497 e. The fraction of sp³-hybridized carbons (Fsp3) is 0.316. The fourth-order valence-electron chi connectivity index (χ4n) is 3.08. The Balaban J connectivity index is 1.43. The molecule has 0 spiro atoms. The van der Waals surface area contributed by atoms with Crippen molar-refractivity contribution < 1.29 is 19.0 Å². The van der Waals surface area contributed by atoms with E-state index < -0.39 is 0 Å². The van der Waals surface area contributed by atoms with Crippen LogP contribution in [0.3, 0.4) is 0 Å². The van der Waals surface area contributed by atoms with Crippen molar-refractivity contribution in [2.45, 2.75) is 12.3 Å². The minimum atomic E-state index is -0.00115. The van der Waals surface area contributed by atoms with Crippen molar-refractivity contribution in [1.29, 1.82) is 0 Å². The lowest BCUT2D eigenvalue weighted by Gasteiger charge is -2.18. The minimum absolute atomic E-state index is 0.00115. The third-order valence-corrected chi connectivity index (χ3v) is 4.46. The molecule has 2 aliphatic rings. The number of methoxy groups -OCH3 is 1. The maximum absolute atomic E-state index is 12.4. The van der Waals surface area contributed by atoms with Gasteiger partial charge >= 0.3 is 0 Å². The number of fused-ring (bicyclic) bond motifs is 1. The summed E-state index contributed by atoms with van der Waals surface area (Å²) in [6.07, 6.45) is 0.857. The Kier molecular flexibility index (Phi) is 3.76. The summed E-state index contributed by atoms with van der Waals surface area (Å²) in [6, 6.07) is 13.3. The number of carbonyl (C=O) groups is 1. The molecule has 4 rings (SSSR count). The van der Waals surface area contributed by atoms with Crippen molar-refractivity contribution >= 4 is 11.6 Å². The summed E-state index contributed by atoms with van der Waals surface area (Å²) in [5, 5.41) is 2.97. The molecule has 24 heavy (non-hydrogen) atoms. The first kappa shape index (κ1) is 14.9. The minimum Gasteiger partial charge on any atom is -0.497 e. The second-order valence-electron chi connectivity index (χ2n) is 6.07. The Labute approximate surface area is 140 Å². The van der Waals surface area contributed by atoms with E-state index in [1.807, 2.05) is 42.5 Å². The lowest BCUT2D eigenvalue weighted by atomic mass is 10.1. The van der Waals surface area contributed by atoms with Gasteiger partial charge in [-0.2, -0.15) is 0 Å². The number of benzene rings is 2. The van der Waals surface area contributed by atoms with Gasteiger partial charge in [0.25, 0.3) is 0 Å². The SMILES string of the molecule is COc1cccc(NC(=O)[C@@H]2C[C@H]2c2ccc3c(c2)OCCO3)c1. The van der Waals surface area contributed by atoms with Gasteiger partial charge in [0.2, 0.25) is 5.91 Å². The van der Waals surface area contributed by atoms with Crippen LogP contribution >= 0.6 is 0 Å². The smallest absolute Gasteiger partial charge is 0.228 e. The van der Waals surface area contributed by atoms with E-state index in [2.05, 4.69) is 5.32 Å². The maximum Gasteiger partial charge on any atom is 0.228 e. The summed E-state index contributed by atoms with van der Waals surface area (Å²) in [6.45, 7) is 1.15. The van der Waals surface area contributed by atoms with Crippen molar-refractivity contribution in [3.8, 4) is 17.2 Å². The molecule has 2 aromatic carbocycles. The summed E-state index contributed by atoms with van der Waals surface area (Å²) in [4.78, 5) is 12.4. The number of nitrogens with one attached hydrogen (secondary N) is 1. The van der Waals surface area contributed by atoms with Crippen LogP contribution in [0.1, 0.15) is 17.9 Å². The van der Waals surface area contributed by atoms with E-state index in [9.17, 15) is 4.79 Å². The third kappa shape index (κ3) is 2.89. The zero-order valence-corrected chi connectivity index (χ0v) is 13.5. The second kappa shape index (κ2) is 6.07. The van der Waals surface area contributed by atoms with E-state index in [0.717, 1.165) is 34.9 Å². The topological polar surface area (TPSA) is 56.8 Å². The molecule has 1 aliphatic carbocycles. The highest BCUT2D eigenvalue weighted by Gasteiger charge is 2.44. The number of ether oxygens (including phenoxy) is 3. The number of hydrogen-bond donors (Lipinski definition) is 1. The third-order valence-electron chi connectivity index (χ3n) is 4.46. The molecular formula is C19H19NO4. The summed E-state index contributed by atoms with van der Waals surface area (Å²) in [5.74, 6) is 2.57. The highest BCUT2D eigenvalue weighted by molar-refractivity contribution is 5.95. The van der Waals surface area contributed by atoms with Crippen molar-refractivity contribution in [3.05, 3.63) is 48.0 Å². The van der Waals surface area contributed by atoms with Gasteiger partial charge in [-0.25, -0.2) is 0 Å². The lowest BCUT2D eigenvalue weighted by molar-refractivity contribution is -0.117. The summed E-state index contributed by atoms with van der Waals surface area (Å²) >= 11 is 0. The summed E-state index contributed by atoms with van der Waals surface area (Å²) < 4.78 is 16.3. The zero-order chi connectivity index (χ0) is 16.5. The first-order valence-electron chi connectivity index (χ1n) is 8.09. The molecular weight excluding hydrogens is 306 g/mol. The number of carbonyl (C=O) groups excluding carboxylic acids is 1. The van der Waals surface area contributed by atoms with Gasteiger partial charge in [-0.1, -0.05) is 12.1 Å². The van der Waals surface area contributed by atoms with Gasteiger partial charge in [0.05, 0.1) is 7.11 Å². The molecule has 2 aromatic rings. The van der Waals surface area contributed by atoms with Crippen molar-refractivity contribution in [3.63, 3.8) is 0 Å². The van der Waals surface area contributed by atoms with E-state index in [-0.39, 0.29) is 17.7 Å². The van der Waals surface area contributed by atoms with Crippen LogP contribution in [0.2, 0.25) is 0 Å². The van der Waals surface area contributed by atoms with E-state index in [0.29, 0.717) is 13.2 Å². The van der Waals surface area contributed by atoms with Crippen LogP contribution in [0.4, 0.5) is 5.69 Å². The van der Waals surface area contributed by atoms with Gasteiger partial charge in [-0.05, 0) is 42.2 Å². The molecule has 2 atom stereocenters. The standard InChI is InChI=1S/C19H19NO4/c1-22-14-4-2-3-13(10-14)20-19(21)16-11-15(16)12-5-6-17-18(9-12)24-8-7-23-17/h2-6,9-10,15-16H,7-8,11H2,1H3,(H,20,21)/t15-,16+/m0/s1. The van der Waals surface area contributed by atoms with Gasteiger partial charge in [-0.3, -0.25) is 4.79 Å². The first-order valence-corrected chi connectivity index (χ1v) is 8.09. The molecule has 0 aromatic heterocycles. The number of rotatable bonds is 4. The number of hydrogen-bond acceptors (Lipinski definition) is 4. The molecule has 124 valence electrons. The maximum atomic E-state index is 12.4. The molecule has 1 fully saturated rings. The van der Waals surface area contributed by atoms with Crippen molar-refractivity contribution in [1.82, 2.24) is 0 Å². The van der Waals surface area contributed by atoms with Crippen LogP contribution in [-0.2, 0) is 4.79 Å². The van der Waals surface area contributed by atoms with Crippen LogP contribution in [0.25, 0.3) is 0 Å². The molecule has 1 N–H and O–H groups in total. The van der Waals surface area contributed by atoms with Crippen molar-refractivity contribution in [2.24, 2.45) is 5.92 Å². The quantitative estimate of drug-likeness (QED) is 0.938. The monoisotopic (exact) mass is 325 g/mol. The van der Waals surface area contributed by atoms with E-state index >= 15 is 0 Å². The van der Waals surface area contributed by atoms with Crippen LogP contribution in [0.15, 0.2) is 42.5 Å². The van der Waals surface area contributed by atoms with E-state index in [4.69, 9.17) is 14.2 Å². The van der Waals surface area contributed by atoms with Gasteiger partial charge in [0.15, 0.2) is 11.5 Å². The molecule has 0 bridgehead atoms. The molecule has 1 saturated carbocycles. The summed E-state index contributed by atoms with van der Waals surface area (Å²) in [5.41, 5.74) is 1.89. The molecule has 0 unspecified atom stereocenters. The molecule has 1 aliphatic heterocycles. The predicted octanol–water partition coefficient (Wildman–Crippen LogP) is 3.21. The Morgan fingerprint density at radius 2 is 1.96 bits per heavy atom. The summed E-state index contributed by atoms with van der Waals surface area (Å²) in [7, 11) is 1.61. The average Bonchev–Trinajstić information content (AvgIpc) is 3.42. The van der Waals surface area contributed by atoms with Crippen LogP contribution in [0, 0.1) is 5.92 Å². The Bertz CT molecular complexity index is 774. The van der Waals surface area contributed by atoms with Crippen LogP contribution in [-0.4, -0.2) is 26.2 Å². The molecule has 5 heteroatoms. The molecule has 0 saturated heterocycles. The average molecular weight is 325 g/mol. The Morgan fingerprint density at radius 3 is 2.79 bits per heavy atom. The molecule has 5 nitrogen and oxygen atoms in total. The molecule has 0 radical (unpaired) electrons. The lowest BCUT2D eigenvalue weighted by Crippen LogP contribution is -2.16. The normalized spacial score (nSPS) is 21.0.